The number of piperazine rings is 1. The van der Waals surface area contributed by atoms with Gasteiger partial charge in [-0.1, -0.05) is 0 Å². The maximum Gasteiger partial charge on any atom is 0.409 e. The highest BCUT2D eigenvalue weighted by Gasteiger charge is 2.24. The first kappa shape index (κ1) is 13.5. The molecule has 104 valence electrons. The van der Waals surface area contributed by atoms with Gasteiger partial charge in [0.1, 0.15) is 0 Å². The van der Waals surface area contributed by atoms with Crippen LogP contribution in [-0.4, -0.2) is 59.6 Å². The predicted octanol–water partition coefficient (Wildman–Crippen LogP) is 0.858. The first-order valence-electron chi connectivity index (χ1n) is 6.52. The molecule has 1 aromatic heterocycles. The number of aromatic nitrogens is 1. The van der Waals surface area contributed by atoms with Crippen LogP contribution in [0.3, 0.4) is 0 Å². The average molecular weight is 265 g/mol. The summed E-state index contributed by atoms with van der Waals surface area (Å²) >= 11 is 0. The number of hydrogen-bond acceptors (Lipinski definition) is 3. The van der Waals surface area contributed by atoms with Crippen molar-refractivity contribution < 1.29 is 14.3 Å². The van der Waals surface area contributed by atoms with Crippen LogP contribution < -0.4 is 0 Å². The molecule has 2 amide bonds. The van der Waals surface area contributed by atoms with E-state index in [1.54, 1.807) is 22.9 Å². The topological polar surface area (TPSA) is 65.6 Å². The molecule has 19 heavy (non-hydrogen) atoms. The van der Waals surface area contributed by atoms with Crippen molar-refractivity contribution in [2.75, 3.05) is 32.8 Å². The van der Waals surface area contributed by atoms with Crippen LogP contribution in [0, 0.1) is 0 Å². The van der Waals surface area contributed by atoms with Gasteiger partial charge in [0.25, 0.3) is 0 Å². The molecule has 0 atom stereocenters. The van der Waals surface area contributed by atoms with E-state index in [0.717, 1.165) is 5.69 Å². The molecule has 1 aliphatic heterocycles. The Morgan fingerprint density at radius 1 is 1.26 bits per heavy atom. The van der Waals surface area contributed by atoms with Crippen molar-refractivity contribution in [3.63, 3.8) is 0 Å². The Morgan fingerprint density at radius 3 is 2.53 bits per heavy atom. The quantitative estimate of drug-likeness (QED) is 0.881. The Morgan fingerprint density at radius 2 is 1.95 bits per heavy atom. The van der Waals surface area contributed by atoms with E-state index in [-0.39, 0.29) is 12.0 Å². The fourth-order valence-corrected chi connectivity index (χ4v) is 2.11. The molecular weight excluding hydrogens is 246 g/mol. The van der Waals surface area contributed by atoms with Crippen molar-refractivity contribution in [2.24, 2.45) is 0 Å². The van der Waals surface area contributed by atoms with Crippen LogP contribution in [0.1, 0.15) is 12.6 Å². The van der Waals surface area contributed by atoms with Gasteiger partial charge in [0.15, 0.2) is 0 Å². The van der Waals surface area contributed by atoms with E-state index in [4.69, 9.17) is 4.74 Å². The van der Waals surface area contributed by atoms with Crippen LogP contribution in [-0.2, 0) is 16.0 Å². The van der Waals surface area contributed by atoms with E-state index >= 15 is 0 Å². The molecule has 0 radical (unpaired) electrons. The number of hydrogen-bond donors (Lipinski definition) is 1. The lowest BCUT2D eigenvalue weighted by atomic mass is 10.2. The lowest BCUT2D eigenvalue weighted by Gasteiger charge is -2.34. The fraction of sp³-hybridized carbons (Fsp3) is 0.538. The predicted molar refractivity (Wildman–Crippen MR) is 69.7 cm³/mol. The van der Waals surface area contributed by atoms with Gasteiger partial charge in [-0.05, 0) is 19.1 Å². The van der Waals surface area contributed by atoms with E-state index in [2.05, 4.69) is 4.98 Å². The molecule has 0 bridgehead atoms. The minimum absolute atomic E-state index is 0.0889. The second kappa shape index (κ2) is 6.26. The number of nitrogens with zero attached hydrogens (tertiary/aromatic N) is 2. The summed E-state index contributed by atoms with van der Waals surface area (Å²) in [5.41, 5.74) is 0.915. The normalized spacial score (nSPS) is 15.4. The van der Waals surface area contributed by atoms with Gasteiger partial charge in [-0.2, -0.15) is 0 Å². The summed E-state index contributed by atoms with van der Waals surface area (Å²) in [5.74, 6) is 0.0889. The van der Waals surface area contributed by atoms with Crippen LogP contribution in [0.4, 0.5) is 4.79 Å². The van der Waals surface area contributed by atoms with Gasteiger partial charge < -0.3 is 19.5 Å². The van der Waals surface area contributed by atoms with Crippen LogP contribution in [0.5, 0.6) is 0 Å². The second-order valence-corrected chi connectivity index (χ2v) is 4.44. The average Bonchev–Trinajstić information content (AvgIpc) is 2.92. The molecule has 2 heterocycles. The first-order valence-corrected chi connectivity index (χ1v) is 6.52. The Labute approximate surface area is 112 Å². The molecular formula is C13H19N3O3. The largest absolute Gasteiger partial charge is 0.450 e. The summed E-state index contributed by atoms with van der Waals surface area (Å²) in [4.78, 5) is 30.0. The van der Waals surface area contributed by atoms with Gasteiger partial charge in [-0.25, -0.2) is 4.79 Å². The fourth-order valence-electron chi connectivity index (χ4n) is 2.11. The zero-order valence-corrected chi connectivity index (χ0v) is 11.1. The molecule has 1 N–H and O–H groups in total. The second-order valence-electron chi connectivity index (χ2n) is 4.44. The summed E-state index contributed by atoms with van der Waals surface area (Å²) in [6, 6.07) is 3.77. The number of carbonyl (C=O) groups is 2. The maximum atomic E-state index is 12.0. The van der Waals surface area contributed by atoms with Gasteiger partial charge in [0.05, 0.1) is 13.0 Å². The molecule has 1 fully saturated rings. The Bertz CT molecular complexity index is 422. The first-order chi connectivity index (χ1) is 9.20. The van der Waals surface area contributed by atoms with Crippen molar-refractivity contribution in [2.45, 2.75) is 13.3 Å². The number of amides is 2. The number of nitrogens with one attached hydrogen (secondary N) is 1. The van der Waals surface area contributed by atoms with Crippen LogP contribution in [0.2, 0.25) is 0 Å². The highest BCUT2D eigenvalue weighted by atomic mass is 16.6. The smallest absolute Gasteiger partial charge is 0.409 e. The standard InChI is InChI=1S/C13H19N3O3/c1-2-19-13(18)16-8-6-15(7-9-16)12(17)10-11-4-3-5-14-11/h3-5,14H,2,6-10H2,1H3. The number of carbonyl (C=O) groups excluding carboxylic acids is 2. The lowest BCUT2D eigenvalue weighted by Crippen LogP contribution is -2.51. The highest BCUT2D eigenvalue weighted by Crippen LogP contribution is 2.07. The van der Waals surface area contributed by atoms with Gasteiger partial charge >= 0.3 is 6.09 Å². The Kier molecular flexibility index (Phi) is 4.43. The number of rotatable bonds is 3. The summed E-state index contributed by atoms with van der Waals surface area (Å²) in [6.45, 7) is 4.38. The molecule has 6 heteroatoms. The van der Waals surface area contributed by atoms with Crippen molar-refractivity contribution in [3.8, 4) is 0 Å². The van der Waals surface area contributed by atoms with Gasteiger partial charge in [0, 0.05) is 38.1 Å². The zero-order chi connectivity index (χ0) is 13.7. The number of aromatic amines is 1. The van der Waals surface area contributed by atoms with Crippen molar-refractivity contribution in [1.82, 2.24) is 14.8 Å². The Balaban J connectivity index is 1.79. The van der Waals surface area contributed by atoms with E-state index < -0.39 is 0 Å². The van der Waals surface area contributed by atoms with Gasteiger partial charge in [-0.3, -0.25) is 4.79 Å². The van der Waals surface area contributed by atoms with Crippen LogP contribution in [0.15, 0.2) is 18.3 Å². The van der Waals surface area contributed by atoms with Gasteiger partial charge in [-0.15, -0.1) is 0 Å². The number of H-pyrrole nitrogens is 1. The molecule has 2 rings (SSSR count). The molecule has 1 saturated heterocycles. The molecule has 0 aliphatic carbocycles. The summed E-state index contributed by atoms with van der Waals surface area (Å²) in [7, 11) is 0. The molecule has 1 aromatic rings. The third-order valence-electron chi connectivity index (χ3n) is 3.16. The van der Waals surface area contributed by atoms with E-state index in [9.17, 15) is 9.59 Å². The maximum absolute atomic E-state index is 12.0. The van der Waals surface area contributed by atoms with Crippen molar-refractivity contribution in [3.05, 3.63) is 24.0 Å². The number of ether oxygens (including phenoxy) is 1. The lowest BCUT2D eigenvalue weighted by molar-refractivity contribution is -0.132. The minimum Gasteiger partial charge on any atom is -0.450 e. The SMILES string of the molecule is CCOC(=O)N1CCN(C(=O)Cc2ccc[nH]2)CC1. The third-order valence-corrected chi connectivity index (χ3v) is 3.16. The summed E-state index contributed by atoms with van der Waals surface area (Å²) in [6.07, 6.45) is 1.90. The van der Waals surface area contributed by atoms with Crippen LogP contribution in [0.25, 0.3) is 0 Å². The summed E-state index contributed by atoms with van der Waals surface area (Å²) < 4.78 is 4.94. The molecule has 1 aliphatic rings. The molecule has 0 saturated carbocycles. The summed E-state index contributed by atoms with van der Waals surface area (Å²) in [5, 5.41) is 0. The van der Waals surface area contributed by atoms with Crippen molar-refractivity contribution in [1.29, 1.82) is 0 Å². The van der Waals surface area contributed by atoms with Gasteiger partial charge in [0.2, 0.25) is 5.91 Å². The molecule has 0 aromatic carbocycles. The monoisotopic (exact) mass is 265 g/mol. The Hall–Kier alpha value is -1.98. The van der Waals surface area contributed by atoms with E-state index in [1.165, 1.54) is 0 Å². The van der Waals surface area contributed by atoms with Crippen molar-refractivity contribution >= 4 is 12.0 Å². The van der Waals surface area contributed by atoms with E-state index in [0.29, 0.717) is 39.2 Å². The molecule has 6 nitrogen and oxygen atoms in total. The van der Waals surface area contributed by atoms with E-state index in [1.807, 2.05) is 12.1 Å². The van der Waals surface area contributed by atoms with Crippen LogP contribution >= 0.6 is 0 Å². The highest BCUT2D eigenvalue weighted by molar-refractivity contribution is 5.78. The third kappa shape index (κ3) is 3.49. The zero-order valence-electron chi connectivity index (χ0n) is 11.1. The molecule has 0 spiro atoms. The molecule has 0 unspecified atom stereocenters. The minimum atomic E-state index is -0.293.